The summed E-state index contributed by atoms with van der Waals surface area (Å²) in [7, 11) is 0. The van der Waals surface area contributed by atoms with Gasteiger partial charge in [0.25, 0.3) is 0 Å². The van der Waals surface area contributed by atoms with Gasteiger partial charge in [-0.1, -0.05) is 6.92 Å². The van der Waals surface area contributed by atoms with Crippen molar-refractivity contribution in [2.75, 3.05) is 17.2 Å². The van der Waals surface area contributed by atoms with Crippen molar-refractivity contribution < 1.29 is 0 Å². The molecule has 0 saturated carbocycles. The lowest BCUT2D eigenvalue weighted by atomic mass is 10.2. The summed E-state index contributed by atoms with van der Waals surface area (Å²) in [4.78, 5) is 8.50. The van der Waals surface area contributed by atoms with E-state index in [1.807, 2.05) is 0 Å². The summed E-state index contributed by atoms with van der Waals surface area (Å²) >= 11 is 5.27. The topological polar surface area (TPSA) is 49.8 Å². The number of aryl methyl sites for hydroxylation is 1. The summed E-state index contributed by atoms with van der Waals surface area (Å²) in [6.45, 7) is 5.92. The minimum absolute atomic E-state index is 0.776. The number of halogens is 1. The van der Waals surface area contributed by atoms with E-state index in [9.17, 15) is 0 Å². The van der Waals surface area contributed by atoms with E-state index in [-0.39, 0.29) is 0 Å². The van der Waals surface area contributed by atoms with Crippen LogP contribution in [0.2, 0.25) is 0 Å². The van der Waals surface area contributed by atoms with E-state index >= 15 is 0 Å². The number of nitrogens with zero attached hydrogens (tertiary/aromatic N) is 2. The Morgan fingerprint density at radius 2 is 1.95 bits per heavy atom. The predicted octanol–water partition coefficient (Wildman–Crippen LogP) is 4.04. The van der Waals surface area contributed by atoms with Crippen LogP contribution in [-0.4, -0.2) is 16.5 Å². The zero-order valence-corrected chi connectivity index (χ0v) is 13.4. The first-order chi connectivity index (χ1) is 9.22. The lowest BCUT2D eigenvalue weighted by Gasteiger charge is -2.11. The van der Waals surface area contributed by atoms with Crippen molar-refractivity contribution in [3.8, 4) is 0 Å². The highest BCUT2D eigenvalue weighted by atomic mass is 79.9. The first-order valence-corrected chi connectivity index (χ1v) is 7.95. The summed E-state index contributed by atoms with van der Waals surface area (Å²) in [6, 6.07) is 0. The van der Waals surface area contributed by atoms with Crippen LogP contribution in [0.5, 0.6) is 0 Å². The molecule has 0 spiro atoms. The normalized spacial score (nSPS) is 10.5. The van der Waals surface area contributed by atoms with Gasteiger partial charge in [0, 0.05) is 13.1 Å². The molecule has 0 atom stereocenters. The number of aromatic nitrogens is 2. The van der Waals surface area contributed by atoms with Crippen LogP contribution in [0.4, 0.5) is 11.6 Å². The molecule has 2 aromatic rings. The third-order valence-corrected chi connectivity index (χ3v) is 4.40. The Morgan fingerprint density at radius 3 is 2.58 bits per heavy atom. The molecule has 0 aliphatic carbocycles. The van der Waals surface area contributed by atoms with Crippen molar-refractivity contribution in [2.45, 2.75) is 26.8 Å². The summed E-state index contributed by atoms with van der Waals surface area (Å²) in [5.74, 6) is 1.65. The average molecular weight is 341 g/mol. The fraction of sp³-hybridized carbons (Fsp3) is 0.385. The second-order valence-corrected chi connectivity index (χ2v) is 5.78. The molecule has 4 nitrogen and oxygen atoms in total. The van der Waals surface area contributed by atoms with Gasteiger partial charge in [0.05, 0.1) is 0 Å². The monoisotopic (exact) mass is 340 g/mol. The standard InChI is InChI=1S/C13H17BrN4S/c1-3-4-15-12-11(14)13(18-8-17-12)16-5-10-7-19-6-9(10)2/h6-8H,3-5H2,1-2H3,(H2,15,16,17,18). The zero-order chi connectivity index (χ0) is 13.7. The molecule has 0 saturated heterocycles. The van der Waals surface area contributed by atoms with Crippen molar-refractivity contribution in [1.82, 2.24) is 9.97 Å². The molecule has 0 aliphatic rings. The quantitative estimate of drug-likeness (QED) is 0.832. The molecule has 0 unspecified atom stereocenters. The number of hydrogen-bond donors (Lipinski definition) is 2. The maximum atomic E-state index is 4.27. The van der Waals surface area contributed by atoms with E-state index in [0.717, 1.165) is 35.6 Å². The molecule has 0 radical (unpaired) electrons. The third-order valence-electron chi connectivity index (χ3n) is 2.74. The number of rotatable bonds is 6. The molecule has 2 N–H and O–H groups in total. The van der Waals surface area contributed by atoms with Gasteiger partial charge >= 0.3 is 0 Å². The van der Waals surface area contributed by atoms with Crippen LogP contribution in [0.15, 0.2) is 21.6 Å². The van der Waals surface area contributed by atoms with Crippen LogP contribution >= 0.6 is 27.3 Å². The lowest BCUT2D eigenvalue weighted by molar-refractivity contribution is 0.960. The number of nitrogens with one attached hydrogen (secondary N) is 2. The molecular weight excluding hydrogens is 324 g/mol. The first-order valence-electron chi connectivity index (χ1n) is 6.22. The zero-order valence-electron chi connectivity index (χ0n) is 11.0. The van der Waals surface area contributed by atoms with Crippen LogP contribution in [0.25, 0.3) is 0 Å². The largest absolute Gasteiger partial charge is 0.369 e. The fourth-order valence-corrected chi connectivity index (χ4v) is 2.95. The molecule has 2 aromatic heterocycles. The maximum absolute atomic E-state index is 4.27. The van der Waals surface area contributed by atoms with Crippen LogP contribution in [0.3, 0.4) is 0 Å². The molecule has 0 bridgehead atoms. The van der Waals surface area contributed by atoms with Crippen molar-refractivity contribution in [2.24, 2.45) is 0 Å². The Labute approximate surface area is 125 Å². The predicted molar refractivity (Wildman–Crippen MR) is 84.9 cm³/mol. The van der Waals surface area contributed by atoms with E-state index in [4.69, 9.17) is 0 Å². The summed E-state index contributed by atoms with van der Waals surface area (Å²) in [5, 5.41) is 10.9. The number of hydrogen-bond acceptors (Lipinski definition) is 5. The van der Waals surface area contributed by atoms with Crippen LogP contribution in [0.1, 0.15) is 24.5 Å². The second kappa shape index (κ2) is 6.86. The third kappa shape index (κ3) is 3.67. The van der Waals surface area contributed by atoms with E-state index in [2.05, 4.69) is 61.1 Å². The molecule has 6 heteroatoms. The number of anilines is 2. The smallest absolute Gasteiger partial charge is 0.146 e. The highest BCUT2D eigenvalue weighted by Crippen LogP contribution is 2.27. The van der Waals surface area contributed by atoms with E-state index in [1.54, 1.807) is 17.7 Å². The van der Waals surface area contributed by atoms with E-state index in [0.29, 0.717) is 0 Å². The Kier molecular flexibility index (Phi) is 5.15. The molecule has 19 heavy (non-hydrogen) atoms. The summed E-state index contributed by atoms with van der Waals surface area (Å²) in [6.07, 6.45) is 2.64. The second-order valence-electron chi connectivity index (χ2n) is 4.25. The van der Waals surface area contributed by atoms with Gasteiger partial charge in [-0.15, -0.1) is 0 Å². The molecule has 2 heterocycles. The van der Waals surface area contributed by atoms with Crippen LogP contribution in [-0.2, 0) is 6.54 Å². The lowest BCUT2D eigenvalue weighted by Crippen LogP contribution is -2.07. The van der Waals surface area contributed by atoms with Crippen LogP contribution < -0.4 is 10.6 Å². The Morgan fingerprint density at radius 1 is 1.21 bits per heavy atom. The molecule has 0 aliphatic heterocycles. The Hall–Kier alpha value is -1.14. The fourth-order valence-electron chi connectivity index (χ4n) is 1.61. The van der Waals surface area contributed by atoms with Gasteiger partial charge < -0.3 is 10.6 Å². The summed E-state index contributed by atoms with van der Waals surface area (Å²) < 4.78 is 0.885. The van der Waals surface area contributed by atoms with Gasteiger partial charge in [0.2, 0.25) is 0 Å². The molecule has 102 valence electrons. The molecule has 0 fully saturated rings. The van der Waals surface area contributed by atoms with Gasteiger partial charge in [0.15, 0.2) is 0 Å². The Balaban J connectivity index is 2.06. The highest BCUT2D eigenvalue weighted by Gasteiger charge is 2.08. The van der Waals surface area contributed by atoms with Gasteiger partial charge in [-0.2, -0.15) is 11.3 Å². The van der Waals surface area contributed by atoms with Gasteiger partial charge in [0.1, 0.15) is 22.4 Å². The van der Waals surface area contributed by atoms with Crippen molar-refractivity contribution in [1.29, 1.82) is 0 Å². The van der Waals surface area contributed by atoms with Crippen LogP contribution in [0, 0.1) is 6.92 Å². The van der Waals surface area contributed by atoms with Crippen molar-refractivity contribution in [3.05, 3.63) is 32.7 Å². The Bertz CT molecular complexity index is 541. The molecule has 0 amide bonds. The van der Waals surface area contributed by atoms with Gasteiger partial charge in [-0.25, -0.2) is 9.97 Å². The van der Waals surface area contributed by atoms with Crippen molar-refractivity contribution in [3.63, 3.8) is 0 Å². The molecular formula is C13H17BrN4S. The first kappa shape index (κ1) is 14.3. The SMILES string of the molecule is CCCNc1ncnc(NCc2cscc2C)c1Br. The minimum Gasteiger partial charge on any atom is -0.369 e. The van der Waals surface area contributed by atoms with Gasteiger partial charge in [-0.3, -0.25) is 0 Å². The van der Waals surface area contributed by atoms with Crippen molar-refractivity contribution >= 4 is 38.9 Å². The van der Waals surface area contributed by atoms with E-state index < -0.39 is 0 Å². The molecule has 0 aromatic carbocycles. The number of thiophene rings is 1. The highest BCUT2D eigenvalue weighted by molar-refractivity contribution is 9.10. The molecule has 2 rings (SSSR count). The average Bonchev–Trinajstić information content (AvgIpc) is 2.82. The summed E-state index contributed by atoms with van der Waals surface area (Å²) in [5.41, 5.74) is 2.62. The maximum Gasteiger partial charge on any atom is 0.146 e. The van der Waals surface area contributed by atoms with Gasteiger partial charge in [-0.05, 0) is 51.2 Å². The van der Waals surface area contributed by atoms with E-state index in [1.165, 1.54) is 11.1 Å². The minimum atomic E-state index is 0.776.